The highest BCUT2D eigenvalue weighted by molar-refractivity contribution is 5.66. The monoisotopic (exact) mass is 295 g/mol. The summed E-state index contributed by atoms with van der Waals surface area (Å²) in [6.45, 7) is 8.67. The Morgan fingerprint density at radius 3 is 2.71 bits per heavy atom. The molecule has 1 aromatic carbocycles. The van der Waals surface area contributed by atoms with Crippen LogP contribution in [0.4, 0.5) is 11.4 Å². The second-order valence-electron chi connectivity index (χ2n) is 5.26. The number of para-hydroxylation sites is 1. The zero-order valence-electron chi connectivity index (χ0n) is 13.3. The highest BCUT2D eigenvalue weighted by Crippen LogP contribution is 2.28. The van der Waals surface area contributed by atoms with Crippen molar-refractivity contribution in [3.8, 4) is 0 Å². The molecule has 0 amide bonds. The maximum atomic E-state index is 11.1. The van der Waals surface area contributed by atoms with E-state index in [0.717, 1.165) is 12.1 Å². The lowest BCUT2D eigenvalue weighted by molar-refractivity contribution is -0.384. The number of rotatable bonds is 9. The lowest BCUT2D eigenvalue weighted by Gasteiger charge is -2.19. The van der Waals surface area contributed by atoms with Crippen LogP contribution in [0.1, 0.15) is 26.3 Å². The number of nitrogens with zero attached hydrogens (tertiary/aromatic N) is 2. The first-order valence-corrected chi connectivity index (χ1v) is 7.26. The first-order chi connectivity index (χ1) is 9.95. The van der Waals surface area contributed by atoms with Crippen LogP contribution in [0.2, 0.25) is 0 Å². The van der Waals surface area contributed by atoms with Crippen LogP contribution in [0.25, 0.3) is 0 Å². The average Bonchev–Trinajstić information content (AvgIpc) is 2.40. The Labute approximate surface area is 126 Å². The molecule has 0 fully saturated rings. The van der Waals surface area contributed by atoms with Crippen LogP contribution in [0.5, 0.6) is 0 Å². The standard InChI is InChI=1S/C15H25N3O3/c1-5-16-15-13(7-6-8-14(15)18(19)20)11-17(4)9-10-21-12(2)3/h6-8,12,16H,5,9-11H2,1-4H3. The van der Waals surface area contributed by atoms with E-state index in [-0.39, 0.29) is 16.7 Å². The number of hydrogen-bond acceptors (Lipinski definition) is 5. The Morgan fingerprint density at radius 2 is 2.14 bits per heavy atom. The molecule has 0 radical (unpaired) electrons. The predicted octanol–water partition coefficient (Wildman–Crippen LogP) is 2.88. The van der Waals surface area contributed by atoms with Crippen molar-refractivity contribution in [1.29, 1.82) is 0 Å². The molecule has 0 unspecified atom stereocenters. The van der Waals surface area contributed by atoms with Gasteiger partial charge in [0.05, 0.1) is 17.6 Å². The van der Waals surface area contributed by atoms with Gasteiger partial charge >= 0.3 is 0 Å². The molecule has 0 aliphatic heterocycles. The van der Waals surface area contributed by atoms with Gasteiger partial charge in [-0.05, 0) is 33.4 Å². The van der Waals surface area contributed by atoms with Crippen molar-refractivity contribution in [2.24, 2.45) is 0 Å². The molecule has 0 spiro atoms. The fourth-order valence-corrected chi connectivity index (χ4v) is 2.07. The van der Waals surface area contributed by atoms with Crippen molar-refractivity contribution in [1.82, 2.24) is 4.90 Å². The molecule has 0 bridgehead atoms. The molecule has 118 valence electrons. The van der Waals surface area contributed by atoms with Crippen LogP contribution < -0.4 is 5.32 Å². The van der Waals surface area contributed by atoms with Gasteiger partial charge in [0.2, 0.25) is 0 Å². The van der Waals surface area contributed by atoms with E-state index in [9.17, 15) is 10.1 Å². The first-order valence-electron chi connectivity index (χ1n) is 7.26. The van der Waals surface area contributed by atoms with Gasteiger partial charge in [-0.15, -0.1) is 0 Å². The fraction of sp³-hybridized carbons (Fsp3) is 0.600. The van der Waals surface area contributed by atoms with Crippen LogP contribution in [-0.2, 0) is 11.3 Å². The summed E-state index contributed by atoms with van der Waals surface area (Å²) in [7, 11) is 1.98. The van der Waals surface area contributed by atoms with Crippen LogP contribution in [-0.4, -0.2) is 42.7 Å². The van der Waals surface area contributed by atoms with Gasteiger partial charge in [0, 0.05) is 25.7 Å². The molecule has 1 aromatic rings. The fourth-order valence-electron chi connectivity index (χ4n) is 2.07. The molecule has 0 heterocycles. The number of nitro benzene ring substituents is 1. The number of nitrogens with one attached hydrogen (secondary N) is 1. The smallest absolute Gasteiger partial charge is 0.292 e. The third-order valence-corrected chi connectivity index (χ3v) is 3.04. The minimum atomic E-state index is -0.344. The number of benzene rings is 1. The summed E-state index contributed by atoms with van der Waals surface area (Å²) in [6.07, 6.45) is 0.216. The van der Waals surface area contributed by atoms with Gasteiger partial charge in [-0.1, -0.05) is 12.1 Å². The molecule has 6 heteroatoms. The van der Waals surface area contributed by atoms with E-state index < -0.39 is 0 Å². The van der Waals surface area contributed by atoms with E-state index in [1.54, 1.807) is 6.07 Å². The van der Waals surface area contributed by atoms with E-state index in [1.807, 2.05) is 33.9 Å². The number of ether oxygens (including phenoxy) is 1. The zero-order chi connectivity index (χ0) is 15.8. The number of anilines is 1. The second kappa shape index (κ2) is 8.59. The van der Waals surface area contributed by atoms with Gasteiger partial charge in [0.15, 0.2) is 0 Å². The summed E-state index contributed by atoms with van der Waals surface area (Å²) in [5.74, 6) is 0. The van der Waals surface area contributed by atoms with E-state index >= 15 is 0 Å². The molecule has 0 aliphatic carbocycles. The number of hydrogen-bond donors (Lipinski definition) is 1. The quantitative estimate of drug-likeness (QED) is 0.560. The molecule has 0 saturated heterocycles. The molecule has 1 rings (SSSR count). The summed E-state index contributed by atoms with van der Waals surface area (Å²) in [4.78, 5) is 12.9. The van der Waals surface area contributed by atoms with E-state index in [0.29, 0.717) is 25.4 Å². The third-order valence-electron chi connectivity index (χ3n) is 3.04. The van der Waals surface area contributed by atoms with E-state index in [4.69, 9.17) is 4.74 Å². The molecule has 0 atom stereocenters. The van der Waals surface area contributed by atoms with Crippen molar-refractivity contribution >= 4 is 11.4 Å². The van der Waals surface area contributed by atoms with Crippen molar-refractivity contribution in [3.63, 3.8) is 0 Å². The molecule has 0 aliphatic rings. The minimum absolute atomic E-state index is 0.126. The maximum absolute atomic E-state index is 11.1. The van der Waals surface area contributed by atoms with Gasteiger partial charge in [0.1, 0.15) is 5.69 Å². The van der Waals surface area contributed by atoms with Gasteiger partial charge in [-0.2, -0.15) is 0 Å². The molecule has 0 saturated carbocycles. The van der Waals surface area contributed by atoms with Gasteiger partial charge < -0.3 is 10.1 Å². The van der Waals surface area contributed by atoms with E-state index in [2.05, 4.69) is 10.2 Å². The Balaban J connectivity index is 2.77. The summed E-state index contributed by atoms with van der Waals surface area (Å²) >= 11 is 0. The lowest BCUT2D eigenvalue weighted by atomic mass is 10.1. The molecule has 1 N–H and O–H groups in total. The summed E-state index contributed by atoms with van der Waals surface area (Å²) in [5, 5.41) is 14.2. The molecule has 0 aromatic heterocycles. The van der Waals surface area contributed by atoms with Crippen LogP contribution in [0.3, 0.4) is 0 Å². The SMILES string of the molecule is CCNc1c(CN(C)CCOC(C)C)cccc1[N+](=O)[O-]. The van der Waals surface area contributed by atoms with Crippen molar-refractivity contribution in [3.05, 3.63) is 33.9 Å². The maximum Gasteiger partial charge on any atom is 0.292 e. The number of likely N-dealkylation sites (N-methyl/N-ethyl adjacent to an activating group) is 1. The summed E-state index contributed by atoms with van der Waals surface area (Å²) in [5.41, 5.74) is 1.67. The zero-order valence-corrected chi connectivity index (χ0v) is 13.3. The van der Waals surface area contributed by atoms with E-state index in [1.165, 1.54) is 6.07 Å². The summed E-state index contributed by atoms with van der Waals surface area (Å²) < 4.78 is 5.52. The van der Waals surface area contributed by atoms with Gasteiger partial charge in [-0.25, -0.2) is 0 Å². The molecule has 21 heavy (non-hydrogen) atoms. The van der Waals surface area contributed by atoms with Gasteiger partial charge in [-0.3, -0.25) is 15.0 Å². The van der Waals surface area contributed by atoms with Crippen molar-refractivity contribution in [2.45, 2.75) is 33.4 Å². The van der Waals surface area contributed by atoms with Crippen LogP contribution in [0.15, 0.2) is 18.2 Å². The van der Waals surface area contributed by atoms with Crippen molar-refractivity contribution < 1.29 is 9.66 Å². The minimum Gasteiger partial charge on any atom is -0.380 e. The lowest BCUT2D eigenvalue weighted by Crippen LogP contribution is -2.24. The first kappa shape index (κ1) is 17.4. The second-order valence-corrected chi connectivity index (χ2v) is 5.26. The molecule has 6 nitrogen and oxygen atoms in total. The average molecular weight is 295 g/mol. The topological polar surface area (TPSA) is 67.6 Å². The highest BCUT2D eigenvalue weighted by atomic mass is 16.6. The normalized spacial score (nSPS) is 11.1. The summed E-state index contributed by atoms with van der Waals surface area (Å²) in [6, 6.07) is 5.18. The Morgan fingerprint density at radius 1 is 1.43 bits per heavy atom. The Bertz CT molecular complexity index is 463. The largest absolute Gasteiger partial charge is 0.380 e. The van der Waals surface area contributed by atoms with Crippen molar-refractivity contribution in [2.75, 3.05) is 32.1 Å². The Kier molecular flexibility index (Phi) is 7.11. The molecular weight excluding hydrogens is 270 g/mol. The number of nitro groups is 1. The highest BCUT2D eigenvalue weighted by Gasteiger charge is 2.17. The third kappa shape index (κ3) is 5.69. The van der Waals surface area contributed by atoms with Gasteiger partial charge in [0.25, 0.3) is 5.69 Å². The molecular formula is C15H25N3O3. The van der Waals surface area contributed by atoms with Crippen LogP contribution in [0, 0.1) is 10.1 Å². The van der Waals surface area contributed by atoms with Crippen LogP contribution >= 0.6 is 0 Å². The predicted molar refractivity (Wildman–Crippen MR) is 84.7 cm³/mol. The Hall–Kier alpha value is -1.66.